The molecule has 0 unspecified atom stereocenters. The van der Waals surface area contributed by atoms with Gasteiger partial charge in [0.25, 0.3) is 0 Å². The first-order valence-electron chi connectivity index (χ1n) is 10.7. The Hall–Kier alpha value is -2.58. The standard InChI is InChI=1S/C24H32ClN3O4S/c1-6-21(23(30)26-24(2,3)4)27(16-18-11-8-7-9-12-18)22(29)17-28(33(5,31)32)20-14-10-13-19(25)15-20/h7-15,21H,6,16-17H2,1-5H3,(H,26,30)/t21-/m1/s1. The van der Waals surface area contributed by atoms with E-state index < -0.39 is 34.1 Å². The summed E-state index contributed by atoms with van der Waals surface area (Å²) in [7, 11) is -3.79. The number of carbonyl (C=O) groups is 2. The number of hydrogen-bond donors (Lipinski definition) is 1. The molecule has 2 aromatic carbocycles. The smallest absolute Gasteiger partial charge is 0.244 e. The van der Waals surface area contributed by atoms with Crippen molar-refractivity contribution in [3.05, 3.63) is 65.2 Å². The molecule has 0 heterocycles. The average molecular weight is 494 g/mol. The van der Waals surface area contributed by atoms with Gasteiger partial charge in [0.15, 0.2) is 0 Å². The number of rotatable bonds is 9. The van der Waals surface area contributed by atoms with Gasteiger partial charge in [0.2, 0.25) is 21.8 Å². The quantitative estimate of drug-likeness (QED) is 0.575. The van der Waals surface area contributed by atoms with E-state index in [9.17, 15) is 18.0 Å². The Morgan fingerprint density at radius 2 is 1.70 bits per heavy atom. The lowest BCUT2D eigenvalue weighted by Crippen LogP contribution is -2.55. The Labute approximate surface area is 201 Å². The van der Waals surface area contributed by atoms with Crippen LogP contribution in [-0.4, -0.2) is 49.5 Å². The fourth-order valence-electron chi connectivity index (χ4n) is 3.40. The molecule has 0 saturated carbocycles. The molecule has 2 amide bonds. The van der Waals surface area contributed by atoms with Crippen LogP contribution in [0.15, 0.2) is 54.6 Å². The van der Waals surface area contributed by atoms with Crippen molar-refractivity contribution in [2.24, 2.45) is 0 Å². The third-order valence-electron chi connectivity index (χ3n) is 4.86. The highest BCUT2D eigenvalue weighted by atomic mass is 35.5. The molecule has 0 spiro atoms. The van der Waals surface area contributed by atoms with E-state index in [-0.39, 0.29) is 18.1 Å². The van der Waals surface area contributed by atoms with Crippen LogP contribution in [0.3, 0.4) is 0 Å². The molecule has 2 rings (SSSR count). The average Bonchev–Trinajstić information content (AvgIpc) is 2.70. The number of halogens is 1. The zero-order valence-electron chi connectivity index (χ0n) is 19.7. The zero-order chi connectivity index (χ0) is 24.8. The third kappa shape index (κ3) is 8.05. The minimum absolute atomic E-state index is 0.170. The van der Waals surface area contributed by atoms with Crippen molar-refractivity contribution in [3.8, 4) is 0 Å². The summed E-state index contributed by atoms with van der Waals surface area (Å²) in [6, 6.07) is 14.8. The lowest BCUT2D eigenvalue weighted by molar-refractivity contribution is -0.141. The number of sulfonamides is 1. The van der Waals surface area contributed by atoms with Crippen molar-refractivity contribution in [1.82, 2.24) is 10.2 Å². The van der Waals surface area contributed by atoms with Gasteiger partial charge in [-0.25, -0.2) is 8.42 Å². The first-order valence-corrected chi connectivity index (χ1v) is 12.9. The fourth-order valence-corrected chi connectivity index (χ4v) is 4.42. The molecule has 0 aliphatic rings. The highest BCUT2D eigenvalue weighted by Crippen LogP contribution is 2.23. The summed E-state index contributed by atoms with van der Waals surface area (Å²) in [5, 5.41) is 3.28. The molecule has 1 N–H and O–H groups in total. The van der Waals surface area contributed by atoms with E-state index in [1.54, 1.807) is 18.2 Å². The molecular formula is C24H32ClN3O4S. The van der Waals surface area contributed by atoms with Gasteiger partial charge in [-0.15, -0.1) is 0 Å². The molecule has 0 radical (unpaired) electrons. The third-order valence-corrected chi connectivity index (χ3v) is 6.23. The van der Waals surface area contributed by atoms with Crippen molar-refractivity contribution in [2.45, 2.75) is 52.2 Å². The minimum Gasteiger partial charge on any atom is -0.350 e. The number of carbonyl (C=O) groups excluding carboxylic acids is 2. The summed E-state index contributed by atoms with van der Waals surface area (Å²) in [5.74, 6) is -0.775. The molecule has 180 valence electrons. The molecular weight excluding hydrogens is 462 g/mol. The second kappa shape index (κ2) is 11.0. The van der Waals surface area contributed by atoms with Gasteiger partial charge in [0.05, 0.1) is 11.9 Å². The Balaban J connectivity index is 2.43. The fraction of sp³-hybridized carbons (Fsp3) is 0.417. The Kier molecular flexibility index (Phi) is 8.91. The monoisotopic (exact) mass is 493 g/mol. The lowest BCUT2D eigenvalue weighted by atomic mass is 10.1. The van der Waals surface area contributed by atoms with E-state index in [0.717, 1.165) is 16.1 Å². The Morgan fingerprint density at radius 3 is 2.21 bits per heavy atom. The zero-order valence-corrected chi connectivity index (χ0v) is 21.3. The molecule has 33 heavy (non-hydrogen) atoms. The predicted molar refractivity (Wildman–Crippen MR) is 133 cm³/mol. The molecule has 0 aliphatic carbocycles. The summed E-state index contributed by atoms with van der Waals surface area (Å²) in [6.07, 6.45) is 1.41. The maximum atomic E-state index is 13.5. The number of nitrogens with one attached hydrogen (secondary N) is 1. The van der Waals surface area contributed by atoms with Crippen LogP contribution in [-0.2, 0) is 26.2 Å². The predicted octanol–water partition coefficient (Wildman–Crippen LogP) is 3.83. The van der Waals surface area contributed by atoms with Crippen LogP contribution in [0.5, 0.6) is 0 Å². The topological polar surface area (TPSA) is 86.8 Å². The van der Waals surface area contributed by atoms with E-state index in [0.29, 0.717) is 11.4 Å². The maximum absolute atomic E-state index is 13.5. The molecule has 0 bridgehead atoms. The molecule has 7 nitrogen and oxygen atoms in total. The molecule has 0 fully saturated rings. The van der Waals surface area contributed by atoms with Gasteiger partial charge in [-0.05, 0) is 51.0 Å². The summed E-state index contributed by atoms with van der Waals surface area (Å²) >= 11 is 6.05. The summed E-state index contributed by atoms with van der Waals surface area (Å²) in [6.45, 7) is 7.14. The molecule has 1 atom stereocenters. The highest BCUT2D eigenvalue weighted by molar-refractivity contribution is 7.92. The SMILES string of the molecule is CC[C@H](C(=O)NC(C)(C)C)N(Cc1ccccc1)C(=O)CN(c1cccc(Cl)c1)S(C)(=O)=O. The van der Waals surface area contributed by atoms with Gasteiger partial charge < -0.3 is 10.2 Å². The van der Waals surface area contributed by atoms with E-state index >= 15 is 0 Å². The largest absolute Gasteiger partial charge is 0.350 e. The van der Waals surface area contributed by atoms with Crippen molar-refractivity contribution >= 4 is 39.1 Å². The van der Waals surface area contributed by atoms with Crippen molar-refractivity contribution in [1.29, 1.82) is 0 Å². The first-order chi connectivity index (χ1) is 15.3. The summed E-state index contributed by atoms with van der Waals surface area (Å²) in [4.78, 5) is 28.1. The second-order valence-electron chi connectivity index (χ2n) is 8.92. The number of amides is 2. The van der Waals surface area contributed by atoms with Crippen molar-refractivity contribution in [3.63, 3.8) is 0 Å². The van der Waals surface area contributed by atoms with Crippen LogP contribution in [0, 0.1) is 0 Å². The molecule has 0 aromatic heterocycles. The van der Waals surface area contributed by atoms with Crippen LogP contribution in [0.25, 0.3) is 0 Å². The lowest BCUT2D eigenvalue weighted by Gasteiger charge is -2.34. The van der Waals surface area contributed by atoms with Crippen LogP contribution in [0.1, 0.15) is 39.7 Å². The van der Waals surface area contributed by atoms with Gasteiger partial charge in [-0.1, -0.05) is 54.9 Å². The first kappa shape index (κ1) is 26.7. The summed E-state index contributed by atoms with van der Waals surface area (Å²) in [5.41, 5.74) is 0.637. The number of hydrogen-bond acceptors (Lipinski definition) is 4. The summed E-state index contributed by atoms with van der Waals surface area (Å²) < 4.78 is 26.1. The number of nitrogens with zero attached hydrogens (tertiary/aromatic N) is 2. The Morgan fingerprint density at radius 1 is 1.06 bits per heavy atom. The second-order valence-corrected chi connectivity index (χ2v) is 11.3. The Bertz CT molecular complexity index is 1070. The highest BCUT2D eigenvalue weighted by Gasteiger charge is 2.33. The van der Waals surface area contributed by atoms with E-state index in [1.165, 1.54) is 11.0 Å². The number of benzene rings is 2. The van der Waals surface area contributed by atoms with Gasteiger partial charge >= 0.3 is 0 Å². The molecule has 2 aromatic rings. The van der Waals surface area contributed by atoms with Crippen LogP contribution < -0.4 is 9.62 Å². The van der Waals surface area contributed by atoms with Crippen LogP contribution in [0.2, 0.25) is 5.02 Å². The van der Waals surface area contributed by atoms with E-state index in [2.05, 4.69) is 5.32 Å². The molecule has 0 aliphatic heterocycles. The van der Waals surface area contributed by atoms with Crippen LogP contribution >= 0.6 is 11.6 Å². The normalized spacial score (nSPS) is 12.7. The minimum atomic E-state index is -3.79. The van der Waals surface area contributed by atoms with Crippen molar-refractivity contribution in [2.75, 3.05) is 17.1 Å². The maximum Gasteiger partial charge on any atom is 0.244 e. The number of anilines is 1. The van der Waals surface area contributed by atoms with E-state index in [1.807, 2.05) is 58.0 Å². The van der Waals surface area contributed by atoms with Gasteiger partial charge in [0, 0.05) is 17.1 Å². The molecule has 9 heteroatoms. The van der Waals surface area contributed by atoms with Crippen LogP contribution in [0.4, 0.5) is 5.69 Å². The van der Waals surface area contributed by atoms with Gasteiger partial charge in [0.1, 0.15) is 12.6 Å². The van der Waals surface area contributed by atoms with Gasteiger partial charge in [-0.2, -0.15) is 0 Å². The van der Waals surface area contributed by atoms with E-state index in [4.69, 9.17) is 11.6 Å². The molecule has 0 saturated heterocycles. The van der Waals surface area contributed by atoms with Gasteiger partial charge in [-0.3, -0.25) is 13.9 Å². The van der Waals surface area contributed by atoms with Crippen molar-refractivity contribution < 1.29 is 18.0 Å².